The van der Waals surface area contributed by atoms with Crippen molar-refractivity contribution in [1.29, 1.82) is 0 Å². The van der Waals surface area contributed by atoms with Crippen LogP contribution in [0.4, 0.5) is 0 Å². The minimum absolute atomic E-state index is 0.0254. The molecule has 3 rings (SSSR count). The van der Waals surface area contributed by atoms with Gasteiger partial charge < -0.3 is 10.1 Å². The standard InChI is InChI=1S/C21H28ClN5O2S/c1-4-9-27-19(16-5-7-17(22)8-6-16)24-25-20(27)30-14-18(28)23-15-21(2,3)26-10-12-29-13-11-26/h4-8H,1,9-15H2,2-3H3,(H,23,28). The van der Waals surface area contributed by atoms with Crippen LogP contribution in [0.5, 0.6) is 0 Å². The summed E-state index contributed by atoms with van der Waals surface area (Å²) in [6.07, 6.45) is 1.79. The molecule has 0 spiro atoms. The van der Waals surface area contributed by atoms with E-state index in [0.717, 1.165) is 37.7 Å². The fourth-order valence-electron chi connectivity index (χ4n) is 3.28. The zero-order valence-corrected chi connectivity index (χ0v) is 19.0. The molecule has 1 fully saturated rings. The molecule has 2 aromatic rings. The fourth-order valence-corrected chi connectivity index (χ4v) is 4.18. The molecule has 0 unspecified atom stereocenters. The van der Waals surface area contributed by atoms with Gasteiger partial charge in [-0.3, -0.25) is 14.3 Å². The summed E-state index contributed by atoms with van der Waals surface area (Å²) < 4.78 is 7.37. The molecule has 1 saturated heterocycles. The normalized spacial score (nSPS) is 15.2. The van der Waals surface area contributed by atoms with Crippen LogP contribution in [0.1, 0.15) is 13.8 Å². The number of carbonyl (C=O) groups is 1. The maximum atomic E-state index is 12.5. The van der Waals surface area contributed by atoms with Crippen LogP contribution in [-0.4, -0.2) is 69.7 Å². The van der Waals surface area contributed by atoms with Crippen LogP contribution in [0.25, 0.3) is 11.4 Å². The van der Waals surface area contributed by atoms with E-state index in [1.807, 2.05) is 28.8 Å². The predicted molar refractivity (Wildman–Crippen MR) is 121 cm³/mol. The second kappa shape index (κ2) is 10.4. The second-order valence-electron chi connectivity index (χ2n) is 7.69. The van der Waals surface area contributed by atoms with Crippen molar-refractivity contribution in [1.82, 2.24) is 25.0 Å². The number of hydrogen-bond acceptors (Lipinski definition) is 6. The number of carbonyl (C=O) groups excluding carboxylic acids is 1. The lowest BCUT2D eigenvalue weighted by Crippen LogP contribution is -2.55. The topological polar surface area (TPSA) is 72.3 Å². The zero-order valence-electron chi connectivity index (χ0n) is 17.4. The maximum Gasteiger partial charge on any atom is 0.230 e. The number of hydrogen-bond donors (Lipinski definition) is 1. The van der Waals surface area contributed by atoms with Crippen LogP contribution in [0.3, 0.4) is 0 Å². The molecule has 1 aliphatic rings. The number of aromatic nitrogens is 3. The Morgan fingerprint density at radius 1 is 1.30 bits per heavy atom. The lowest BCUT2D eigenvalue weighted by atomic mass is 10.0. The van der Waals surface area contributed by atoms with E-state index in [0.29, 0.717) is 23.3 Å². The van der Waals surface area contributed by atoms with Crippen LogP contribution in [0.15, 0.2) is 42.1 Å². The van der Waals surface area contributed by atoms with E-state index < -0.39 is 0 Å². The third-order valence-electron chi connectivity index (χ3n) is 5.05. The van der Waals surface area contributed by atoms with Gasteiger partial charge in [-0.1, -0.05) is 29.4 Å². The Balaban J connectivity index is 1.59. The van der Waals surface area contributed by atoms with Gasteiger partial charge in [-0.15, -0.1) is 16.8 Å². The summed E-state index contributed by atoms with van der Waals surface area (Å²) >= 11 is 7.35. The molecular weight excluding hydrogens is 422 g/mol. The van der Waals surface area contributed by atoms with Gasteiger partial charge >= 0.3 is 0 Å². The average Bonchev–Trinajstić information content (AvgIpc) is 3.15. The number of ether oxygens (including phenoxy) is 1. The van der Waals surface area contributed by atoms with Gasteiger partial charge in [0.2, 0.25) is 5.91 Å². The van der Waals surface area contributed by atoms with E-state index in [1.54, 1.807) is 6.08 Å². The first-order valence-electron chi connectivity index (χ1n) is 9.93. The highest BCUT2D eigenvalue weighted by atomic mass is 35.5. The van der Waals surface area contributed by atoms with E-state index in [2.05, 4.69) is 40.8 Å². The molecular formula is C21H28ClN5O2S. The lowest BCUT2D eigenvalue weighted by Gasteiger charge is -2.40. The van der Waals surface area contributed by atoms with E-state index in [-0.39, 0.29) is 17.2 Å². The van der Waals surface area contributed by atoms with E-state index in [9.17, 15) is 4.79 Å². The first kappa shape index (κ1) is 22.8. The highest BCUT2D eigenvalue weighted by Crippen LogP contribution is 2.25. The van der Waals surface area contributed by atoms with Crippen molar-refractivity contribution in [3.05, 3.63) is 41.9 Å². The molecule has 30 heavy (non-hydrogen) atoms. The second-order valence-corrected chi connectivity index (χ2v) is 9.07. The van der Waals surface area contributed by atoms with Gasteiger partial charge in [-0.25, -0.2) is 0 Å². The molecule has 0 aliphatic carbocycles. The Morgan fingerprint density at radius 3 is 2.67 bits per heavy atom. The molecule has 9 heteroatoms. The Morgan fingerprint density at radius 2 is 2.00 bits per heavy atom. The minimum Gasteiger partial charge on any atom is -0.379 e. The Kier molecular flexibility index (Phi) is 7.93. The number of thioether (sulfide) groups is 1. The monoisotopic (exact) mass is 449 g/mol. The highest BCUT2D eigenvalue weighted by Gasteiger charge is 2.28. The number of nitrogens with zero attached hydrogens (tertiary/aromatic N) is 4. The van der Waals surface area contributed by atoms with Crippen molar-refractivity contribution in [2.45, 2.75) is 31.1 Å². The summed E-state index contributed by atoms with van der Waals surface area (Å²) in [5.74, 6) is 0.972. The van der Waals surface area contributed by atoms with Gasteiger partial charge in [0.15, 0.2) is 11.0 Å². The molecule has 0 saturated carbocycles. The van der Waals surface area contributed by atoms with Gasteiger partial charge in [0.25, 0.3) is 0 Å². The summed E-state index contributed by atoms with van der Waals surface area (Å²) in [7, 11) is 0. The molecule has 1 N–H and O–H groups in total. The third-order valence-corrected chi connectivity index (χ3v) is 6.27. The first-order chi connectivity index (χ1) is 14.4. The van der Waals surface area contributed by atoms with Gasteiger partial charge in [-0.2, -0.15) is 0 Å². The largest absolute Gasteiger partial charge is 0.379 e. The number of nitrogens with one attached hydrogen (secondary N) is 1. The van der Waals surface area contributed by atoms with Crippen molar-refractivity contribution in [3.63, 3.8) is 0 Å². The fraction of sp³-hybridized carbons (Fsp3) is 0.476. The minimum atomic E-state index is -0.116. The van der Waals surface area contributed by atoms with Crippen LogP contribution in [-0.2, 0) is 16.1 Å². The molecule has 1 amide bonds. The molecule has 1 aliphatic heterocycles. The number of halogens is 1. The van der Waals surface area contributed by atoms with Gasteiger partial charge in [0.1, 0.15) is 0 Å². The Bertz CT molecular complexity index is 863. The number of morpholine rings is 1. The molecule has 1 aromatic carbocycles. The maximum absolute atomic E-state index is 12.5. The smallest absolute Gasteiger partial charge is 0.230 e. The summed E-state index contributed by atoms with van der Waals surface area (Å²) in [6.45, 7) is 12.5. The quantitative estimate of drug-likeness (QED) is 0.468. The van der Waals surface area contributed by atoms with E-state index in [4.69, 9.17) is 16.3 Å². The number of amides is 1. The molecule has 7 nitrogen and oxygen atoms in total. The number of benzene rings is 1. The van der Waals surface area contributed by atoms with Crippen LogP contribution < -0.4 is 5.32 Å². The van der Waals surface area contributed by atoms with E-state index >= 15 is 0 Å². The Labute approximate surface area is 186 Å². The van der Waals surface area contributed by atoms with Gasteiger partial charge in [-0.05, 0) is 38.1 Å². The summed E-state index contributed by atoms with van der Waals surface area (Å²) in [6, 6.07) is 7.45. The Hall–Kier alpha value is -1.87. The van der Waals surface area contributed by atoms with Crippen molar-refractivity contribution in [2.75, 3.05) is 38.6 Å². The first-order valence-corrected chi connectivity index (χ1v) is 11.3. The van der Waals surface area contributed by atoms with Crippen LogP contribution in [0.2, 0.25) is 5.02 Å². The molecule has 0 bridgehead atoms. The zero-order chi connectivity index (χ0) is 21.6. The molecule has 1 aromatic heterocycles. The van der Waals surface area contributed by atoms with Crippen molar-refractivity contribution >= 4 is 29.3 Å². The molecule has 162 valence electrons. The predicted octanol–water partition coefficient (Wildman–Crippen LogP) is 3.10. The van der Waals surface area contributed by atoms with Crippen molar-refractivity contribution in [3.8, 4) is 11.4 Å². The lowest BCUT2D eigenvalue weighted by molar-refractivity contribution is -0.119. The summed E-state index contributed by atoms with van der Waals surface area (Å²) in [5, 5.41) is 13.0. The third kappa shape index (κ3) is 5.85. The SMILES string of the molecule is C=CCn1c(SCC(=O)NCC(C)(C)N2CCOCC2)nnc1-c1ccc(Cl)cc1. The van der Waals surface area contributed by atoms with Gasteiger partial charge in [0, 0.05) is 42.3 Å². The van der Waals surface area contributed by atoms with Crippen molar-refractivity contribution < 1.29 is 9.53 Å². The van der Waals surface area contributed by atoms with Crippen molar-refractivity contribution in [2.24, 2.45) is 0 Å². The van der Waals surface area contributed by atoms with E-state index in [1.165, 1.54) is 11.8 Å². The summed E-state index contributed by atoms with van der Waals surface area (Å²) in [5.41, 5.74) is 0.798. The van der Waals surface area contributed by atoms with Gasteiger partial charge in [0.05, 0.1) is 19.0 Å². The molecule has 0 atom stereocenters. The average molecular weight is 450 g/mol. The summed E-state index contributed by atoms with van der Waals surface area (Å²) in [4.78, 5) is 14.8. The number of allylic oxidation sites excluding steroid dienone is 1. The number of rotatable bonds is 9. The molecule has 2 heterocycles. The van der Waals surface area contributed by atoms with Crippen LogP contribution >= 0.6 is 23.4 Å². The molecule has 0 radical (unpaired) electrons. The highest BCUT2D eigenvalue weighted by molar-refractivity contribution is 7.99. The van der Waals surface area contributed by atoms with Crippen LogP contribution in [0, 0.1) is 0 Å².